The molecule has 1 aliphatic rings. The van der Waals surface area contributed by atoms with Gasteiger partial charge in [0.2, 0.25) is 0 Å². The van der Waals surface area contributed by atoms with Crippen LogP contribution in [-0.2, 0) is 14.6 Å². The standard InChI is InChI=1S/C7H12O4S/c1-5-2-3-12(10,11)4-6(5)7(8)9/h5-6H,2-4H2,1H3,(H,8,9). The van der Waals surface area contributed by atoms with Crippen molar-refractivity contribution in [1.82, 2.24) is 0 Å². The summed E-state index contributed by atoms with van der Waals surface area (Å²) in [5.41, 5.74) is 0. The number of carbonyl (C=O) groups is 1. The Morgan fingerprint density at radius 1 is 1.50 bits per heavy atom. The van der Waals surface area contributed by atoms with Crippen molar-refractivity contribution in [1.29, 1.82) is 0 Å². The average Bonchev–Trinajstić information content (AvgIpc) is 1.94. The van der Waals surface area contributed by atoms with Gasteiger partial charge in [0, 0.05) is 0 Å². The summed E-state index contributed by atoms with van der Waals surface area (Å²) < 4.78 is 22.1. The van der Waals surface area contributed by atoms with Crippen molar-refractivity contribution in [2.24, 2.45) is 11.8 Å². The van der Waals surface area contributed by atoms with E-state index in [-0.39, 0.29) is 17.4 Å². The lowest BCUT2D eigenvalue weighted by molar-refractivity contribution is -0.142. The second-order valence-corrected chi connectivity index (χ2v) is 5.55. The van der Waals surface area contributed by atoms with Crippen LogP contribution in [0.25, 0.3) is 0 Å². The molecule has 4 nitrogen and oxygen atoms in total. The van der Waals surface area contributed by atoms with Crippen LogP contribution in [-0.4, -0.2) is 31.0 Å². The first-order valence-electron chi connectivity index (χ1n) is 3.85. The van der Waals surface area contributed by atoms with Crippen molar-refractivity contribution in [3.8, 4) is 0 Å². The first-order valence-corrected chi connectivity index (χ1v) is 5.68. The Morgan fingerprint density at radius 2 is 2.08 bits per heavy atom. The summed E-state index contributed by atoms with van der Waals surface area (Å²) in [6, 6.07) is 0. The fourth-order valence-corrected chi connectivity index (χ4v) is 3.32. The predicted octanol–water partition coefficient (Wildman–Crippen LogP) is 0.142. The quantitative estimate of drug-likeness (QED) is 0.641. The van der Waals surface area contributed by atoms with Gasteiger partial charge >= 0.3 is 5.97 Å². The van der Waals surface area contributed by atoms with Crippen LogP contribution >= 0.6 is 0 Å². The van der Waals surface area contributed by atoms with Crippen LogP contribution in [0.5, 0.6) is 0 Å². The minimum atomic E-state index is -3.09. The minimum Gasteiger partial charge on any atom is -0.481 e. The molecule has 1 aliphatic heterocycles. The molecule has 0 aromatic heterocycles. The zero-order chi connectivity index (χ0) is 9.35. The van der Waals surface area contributed by atoms with Crippen LogP contribution in [0, 0.1) is 11.8 Å². The maximum Gasteiger partial charge on any atom is 0.307 e. The summed E-state index contributed by atoms with van der Waals surface area (Å²) in [6.45, 7) is 1.79. The SMILES string of the molecule is CC1CCS(=O)(=O)CC1C(=O)O. The summed E-state index contributed by atoms with van der Waals surface area (Å²) in [7, 11) is -3.09. The molecule has 0 spiro atoms. The molecule has 12 heavy (non-hydrogen) atoms. The summed E-state index contributed by atoms with van der Waals surface area (Å²) in [5, 5.41) is 8.68. The van der Waals surface area contributed by atoms with Crippen molar-refractivity contribution < 1.29 is 18.3 Å². The van der Waals surface area contributed by atoms with E-state index in [1.165, 1.54) is 0 Å². The molecule has 0 aromatic carbocycles. The molecule has 2 atom stereocenters. The zero-order valence-corrected chi connectivity index (χ0v) is 7.67. The first kappa shape index (κ1) is 9.51. The maximum absolute atomic E-state index is 11.0. The van der Waals surface area contributed by atoms with Crippen LogP contribution in [0.4, 0.5) is 0 Å². The Hall–Kier alpha value is -0.580. The summed E-state index contributed by atoms with van der Waals surface area (Å²) in [4.78, 5) is 10.6. The molecule has 0 radical (unpaired) electrons. The monoisotopic (exact) mass is 192 g/mol. The lowest BCUT2D eigenvalue weighted by atomic mass is 9.93. The van der Waals surface area contributed by atoms with Gasteiger partial charge in [0.25, 0.3) is 0 Å². The number of carboxylic acids is 1. The normalized spacial score (nSPS) is 34.4. The van der Waals surface area contributed by atoms with Crippen molar-refractivity contribution in [3.63, 3.8) is 0 Å². The van der Waals surface area contributed by atoms with E-state index < -0.39 is 21.7 Å². The van der Waals surface area contributed by atoms with Gasteiger partial charge in [-0.15, -0.1) is 0 Å². The third kappa shape index (κ3) is 1.97. The molecule has 0 saturated carbocycles. The van der Waals surface area contributed by atoms with Gasteiger partial charge in [0.1, 0.15) is 0 Å². The molecule has 5 heteroatoms. The van der Waals surface area contributed by atoms with Gasteiger partial charge in [-0.05, 0) is 12.3 Å². The largest absolute Gasteiger partial charge is 0.481 e. The number of sulfone groups is 1. The van der Waals surface area contributed by atoms with Crippen LogP contribution in [0.3, 0.4) is 0 Å². The smallest absolute Gasteiger partial charge is 0.307 e. The molecule has 1 saturated heterocycles. The van der Waals surface area contributed by atoms with Gasteiger partial charge in [-0.2, -0.15) is 0 Å². The number of hydrogen-bond donors (Lipinski definition) is 1. The maximum atomic E-state index is 11.0. The van der Waals surface area contributed by atoms with E-state index in [9.17, 15) is 13.2 Å². The van der Waals surface area contributed by atoms with Crippen LogP contribution in [0.2, 0.25) is 0 Å². The van der Waals surface area contributed by atoms with Crippen molar-refractivity contribution in [3.05, 3.63) is 0 Å². The molecular formula is C7H12O4S. The molecular weight excluding hydrogens is 180 g/mol. The fourth-order valence-electron chi connectivity index (χ4n) is 1.40. The predicted molar refractivity (Wildman–Crippen MR) is 43.6 cm³/mol. The highest BCUT2D eigenvalue weighted by Gasteiger charge is 2.34. The van der Waals surface area contributed by atoms with Crippen LogP contribution < -0.4 is 0 Å². The summed E-state index contributed by atoms with van der Waals surface area (Å²) >= 11 is 0. The number of hydrogen-bond acceptors (Lipinski definition) is 3. The molecule has 1 fully saturated rings. The second-order valence-electron chi connectivity index (χ2n) is 3.33. The molecule has 1 heterocycles. The van der Waals surface area contributed by atoms with Crippen molar-refractivity contribution in [2.45, 2.75) is 13.3 Å². The van der Waals surface area contributed by atoms with E-state index in [1.54, 1.807) is 6.92 Å². The average molecular weight is 192 g/mol. The molecule has 2 unspecified atom stereocenters. The van der Waals surface area contributed by atoms with Gasteiger partial charge < -0.3 is 5.11 Å². The second kappa shape index (κ2) is 3.05. The fraction of sp³-hybridized carbons (Fsp3) is 0.857. The van der Waals surface area contributed by atoms with E-state index >= 15 is 0 Å². The molecule has 0 amide bonds. The van der Waals surface area contributed by atoms with E-state index in [1.807, 2.05) is 0 Å². The zero-order valence-electron chi connectivity index (χ0n) is 6.86. The minimum absolute atomic E-state index is 0.0222. The molecule has 70 valence electrons. The van der Waals surface area contributed by atoms with Crippen molar-refractivity contribution in [2.75, 3.05) is 11.5 Å². The van der Waals surface area contributed by atoms with Crippen molar-refractivity contribution >= 4 is 15.8 Å². The molecule has 1 rings (SSSR count). The Balaban J connectivity index is 2.79. The number of carboxylic acid groups (broad SMARTS) is 1. The lowest BCUT2D eigenvalue weighted by Gasteiger charge is -2.24. The van der Waals surface area contributed by atoms with Gasteiger partial charge in [-0.1, -0.05) is 6.92 Å². The number of aliphatic carboxylic acids is 1. The first-order chi connectivity index (χ1) is 5.42. The Labute approximate surface area is 71.5 Å². The van der Waals surface area contributed by atoms with Crippen LogP contribution in [0.15, 0.2) is 0 Å². The highest BCUT2D eigenvalue weighted by atomic mass is 32.2. The molecule has 0 aliphatic carbocycles. The van der Waals surface area contributed by atoms with Gasteiger partial charge in [0.05, 0.1) is 17.4 Å². The highest BCUT2D eigenvalue weighted by Crippen LogP contribution is 2.24. The topological polar surface area (TPSA) is 71.4 Å². The Kier molecular flexibility index (Phi) is 2.41. The number of rotatable bonds is 1. The van der Waals surface area contributed by atoms with Gasteiger partial charge in [0.15, 0.2) is 9.84 Å². The Bertz CT molecular complexity index is 280. The van der Waals surface area contributed by atoms with E-state index in [4.69, 9.17) is 5.11 Å². The van der Waals surface area contributed by atoms with E-state index in [0.717, 1.165) is 0 Å². The Morgan fingerprint density at radius 3 is 2.50 bits per heavy atom. The van der Waals surface area contributed by atoms with E-state index in [2.05, 4.69) is 0 Å². The highest BCUT2D eigenvalue weighted by molar-refractivity contribution is 7.91. The molecule has 0 aromatic rings. The molecule has 0 bridgehead atoms. The van der Waals surface area contributed by atoms with Gasteiger partial charge in [-0.25, -0.2) is 8.42 Å². The third-order valence-corrected chi connectivity index (χ3v) is 4.05. The molecule has 1 N–H and O–H groups in total. The lowest BCUT2D eigenvalue weighted by Crippen LogP contribution is -2.36. The van der Waals surface area contributed by atoms with Gasteiger partial charge in [-0.3, -0.25) is 4.79 Å². The van der Waals surface area contributed by atoms with Crippen LogP contribution in [0.1, 0.15) is 13.3 Å². The summed E-state index contributed by atoms with van der Waals surface area (Å²) in [5.74, 6) is -1.78. The summed E-state index contributed by atoms with van der Waals surface area (Å²) in [6.07, 6.45) is 0.472. The van der Waals surface area contributed by atoms with E-state index in [0.29, 0.717) is 6.42 Å². The third-order valence-electron chi connectivity index (χ3n) is 2.32.